The van der Waals surface area contributed by atoms with Crippen LogP contribution in [0.5, 0.6) is 0 Å². The van der Waals surface area contributed by atoms with E-state index in [4.69, 9.17) is 5.84 Å². The van der Waals surface area contributed by atoms with Crippen molar-refractivity contribution in [3.63, 3.8) is 0 Å². The molecule has 72 valence electrons. The molecule has 3 heteroatoms. The van der Waals surface area contributed by atoms with Crippen molar-refractivity contribution in [3.05, 3.63) is 35.4 Å². The summed E-state index contributed by atoms with van der Waals surface area (Å²) in [5.74, 6) is 5.12. The van der Waals surface area contributed by atoms with E-state index in [1.165, 1.54) is 11.1 Å². The predicted octanol–water partition coefficient (Wildman–Crippen LogP) is 0.548. The molecule has 0 aliphatic rings. The van der Waals surface area contributed by atoms with E-state index in [1.54, 1.807) is 0 Å². The highest BCUT2D eigenvalue weighted by Gasteiger charge is 1.91. The first-order chi connectivity index (χ1) is 6.33. The van der Waals surface area contributed by atoms with Gasteiger partial charge in [0, 0.05) is 6.54 Å². The van der Waals surface area contributed by atoms with Gasteiger partial charge in [0.1, 0.15) is 0 Å². The maximum atomic E-state index is 5.12. The van der Waals surface area contributed by atoms with E-state index >= 15 is 0 Å². The van der Waals surface area contributed by atoms with Crippen LogP contribution in [0.4, 0.5) is 0 Å². The lowest BCUT2D eigenvalue weighted by Crippen LogP contribution is -2.34. The van der Waals surface area contributed by atoms with Crippen LogP contribution in [0.3, 0.4) is 0 Å². The van der Waals surface area contributed by atoms with Gasteiger partial charge in [-0.1, -0.05) is 29.8 Å². The fourth-order valence-electron chi connectivity index (χ4n) is 1.15. The van der Waals surface area contributed by atoms with Crippen molar-refractivity contribution in [1.29, 1.82) is 0 Å². The standard InChI is InChI=1S/C10H17N3/c1-9-2-4-10(5-3-9)6-7-12-8-13-11/h2-5,12-13H,6-8,11H2,1H3. The minimum atomic E-state index is 0.659. The van der Waals surface area contributed by atoms with Gasteiger partial charge in [-0.25, -0.2) is 5.43 Å². The number of rotatable bonds is 5. The number of nitrogens with one attached hydrogen (secondary N) is 2. The van der Waals surface area contributed by atoms with Gasteiger partial charge in [0.15, 0.2) is 0 Å². The van der Waals surface area contributed by atoms with Crippen LogP contribution in [0.1, 0.15) is 11.1 Å². The second kappa shape index (κ2) is 5.70. The molecule has 13 heavy (non-hydrogen) atoms. The second-order valence-corrected chi connectivity index (χ2v) is 3.12. The topological polar surface area (TPSA) is 50.1 Å². The monoisotopic (exact) mass is 179 g/mol. The molecule has 0 radical (unpaired) electrons. The van der Waals surface area contributed by atoms with Crippen molar-refractivity contribution in [2.45, 2.75) is 13.3 Å². The van der Waals surface area contributed by atoms with Crippen LogP contribution in [0.15, 0.2) is 24.3 Å². The van der Waals surface area contributed by atoms with Crippen LogP contribution < -0.4 is 16.6 Å². The van der Waals surface area contributed by atoms with Crippen LogP contribution >= 0.6 is 0 Å². The summed E-state index contributed by atoms with van der Waals surface area (Å²) in [4.78, 5) is 0. The molecule has 0 spiro atoms. The predicted molar refractivity (Wildman–Crippen MR) is 55.1 cm³/mol. The third-order valence-corrected chi connectivity index (χ3v) is 1.94. The first-order valence-corrected chi connectivity index (χ1v) is 4.52. The van der Waals surface area contributed by atoms with Gasteiger partial charge in [0.05, 0.1) is 6.67 Å². The van der Waals surface area contributed by atoms with E-state index in [1.807, 2.05) is 0 Å². The van der Waals surface area contributed by atoms with E-state index < -0.39 is 0 Å². The van der Waals surface area contributed by atoms with E-state index in [2.05, 4.69) is 41.9 Å². The molecule has 0 aliphatic carbocycles. The first kappa shape index (κ1) is 10.2. The fraction of sp³-hybridized carbons (Fsp3) is 0.400. The molecular formula is C10H17N3. The van der Waals surface area contributed by atoms with Gasteiger partial charge in [-0.05, 0) is 18.9 Å². The average Bonchev–Trinajstić information content (AvgIpc) is 2.15. The molecule has 0 heterocycles. The molecule has 3 nitrogen and oxygen atoms in total. The number of benzene rings is 1. The Labute approximate surface area is 79.3 Å². The maximum absolute atomic E-state index is 5.12. The molecule has 0 bridgehead atoms. The first-order valence-electron chi connectivity index (χ1n) is 4.52. The lowest BCUT2D eigenvalue weighted by molar-refractivity contribution is 0.602. The molecule has 0 fully saturated rings. The highest BCUT2D eigenvalue weighted by atomic mass is 15.3. The van der Waals surface area contributed by atoms with Crippen LogP contribution in [0.2, 0.25) is 0 Å². The SMILES string of the molecule is Cc1ccc(CCNCNN)cc1. The van der Waals surface area contributed by atoms with Gasteiger partial charge in [-0.2, -0.15) is 0 Å². The van der Waals surface area contributed by atoms with Crippen molar-refractivity contribution in [3.8, 4) is 0 Å². The Kier molecular flexibility index (Phi) is 4.46. The molecule has 1 aromatic rings. The lowest BCUT2D eigenvalue weighted by Gasteiger charge is -2.03. The van der Waals surface area contributed by atoms with Gasteiger partial charge in [-0.3, -0.25) is 5.84 Å². The molecule has 1 aromatic carbocycles. The number of aryl methyl sites for hydroxylation is 1. The normalized spacial score (nSPS) is 10.3. The van der Waals surface area contributed by atoms with Gasteiger partial charge >= 0.3 is 0 Å². The molecule has 0 atom stereocenters. The Hall–Kier alpha value is -0.900. The van der Waals surface area contributed by atoms with Gasteiger partial charge in [0.25, 0.3) is 0 Å². The van der Waals surface area contributed by atoms with Gasteiger partial charge in [-0.15, -0.1) is 0 Å². The number of nitrogens with two attached hydrogens (primary N) is 1. The molecule has 1 rings (SSSR count). The summed E-state index contributed by atoms with van der Waals surface area (Å²) in [5, 5.41) is 3.16. The largest absolute Gasteiger partial charge is 0.303 e. The third-order valence-electron chi connectivity index (χ3n) is 1.94. The van der Waals surface area contributed by atoms with E-state index in [9.17, 15) is 0 Å². The smallest absolute Gasteiger partial charge is 0.0587 e. The lowest BCUT2D eigenvalue weighted by atomic mass is 10.1. The second-order valence-electron chi connectivity index (χ2n) is 3.12. The van der Waals surface area contributed by atoms with E-state index in [-0.39, 0.29) is 0 Å². The van der Waals surface area contributed by atoms with Crippen LogP contribution in [-0.2, 0) is 6.42 Å². The summed E-state index contributed by atoms with van der Waals surface area (Å²) in [6.07, 6.45) is 1.04. The Balaban J connectivity index is 2.25. The number of hydrogen-bond acceptors (Lipinski definition) is 3. The molecule has 0 saturated heterocycles. The molecule has 0 unspecified atom stereocenters. The number of hydrazine groups is 1. The zero-order chi connectivity index (χ0) is 9.52. The van der Waals surface area contributed by atoms with Crippen molar-refractivity contribution >= 4 is 0 Å². The summed E-state index contributed by atoms with van der Waals surface area (Å²) in [7, 11) is 0. The van der Waals surface area contributed by atoms with Gasteiger partial charge in [0.2, 0.25) is 0 Å². The average molecular weight is 179 g/mol. The zero-order valence-electron chi connectivity index (χ0n) is 8.01. The molecule has 0 aliphatic heterocycles. The zero-order valence-corrected chi connectivity index (χ0v) is 8.01. The van der Waals surface area contributed by atoms with Crippen LogP contribution in [0, 0.1) is 6.92 Å². The summed E-state index contributed by atoms with van der Waals surface area (Å²) in [6, 6.07) is 8.59. The van der Waals surface area contributed by atoms with Crippen molar-refractivity contribution in [1.82, 2.24) is 10.7 Å². The maximum Gasteiger partial charge on any atom is 0.0587 e. The Morgan fingerprint density at radius 3 is 2.54 bits per heavy atom. The highest BCUT2D eigenvalue weighted by molar-refractivity contribution is 5.21. The molecule has 4 N–H and O–H groups in total. The Morgan fingerprint density at radius 2 is 1.92 bits per heavy atom. The summed E-state index contributed by atoms with van der Waals surface area (Å²) in [6.45, 7) is 3.71. The Morgan fingerprint density at radius 1 is 1.23 bits per heavy atom. The molecule has 0 aromatic heterocycles. The molecular weight excluding hydrogens is 162 g/mol. The summed E-state index contributed by atoms with van der Waals surface area (Å²) >= 11 is 0. The van der Waals surface area contributed by atoms with Crippen molar-refractivity contribution < 1.29 is 0 Å². The van der Waals surface area contributed by atoms with E-state index in [0.29, 0.717) is 6.67 Å². The van der Waals surface area contributed by atoms with Crippen LogP contribution in [0.25, 0.3) is 0 Å². The molecule has 0 saturated carbocycles. The fourth-order valence-corrected chi connectivity index (χ4v) is 1.15. The minimum absolute atomic E-state index is 0.659. The highest BCUT2D eigenvalue weighted by Crippen LogP contribution is 2.02. The third kappa shape index (κ3) is 4.03. The molecule has 0 amide bonds. The quantitative estimate of drug-likeness (QED) is 0.268. The van der Waals surface area contributed by atoms with Crippen LogP contribution in [-0.4, -0.2) is 13.2 Å². The van der Waals surface area contributed by atoms with Crippen molar-refractivity contribution in [2.24, 2.45) is 5.84 Å². The van der Waals surface area contributed by atoms with Gasteiger partial charge < -0.3 is 5.32 Å². The summed E-state index contributed by atoms with van der Waals surface area (Å²) < 4.78 is 0. The number of hydrogen-bond donors (Lipinski definition) is 3. The minimum Gasteiger partial charge on any atom is -0.303 e. The Bertz CT molecular complexity index is 230. The summed E-state index contributed by atoms with van der Waals surface area (Å²) in [5.41, 5.74) is 5.21. The van der Waals surface area contributed by atoms with E-state index in [0.717, 1.165) is 13.0 Å². The van der Waals surface area contributed by atoms with Crippen molar-refractivity contribution in [2.75, 3.05) is 13.2 Å².